The Morgan fingerprint density at radius 1 is 1.00 bits per heavy atom. The van der Waals surface area contributed by atoms with Gasteiger partial charge in [0.15, 0.2) is 17.6 Å². The molecule has 0 spiro atoms. The molecule has 1 saturated heterocycles. The molecule has 39 heavy (non-hydrogen) atoms. The molecule has 1 aliphatic rings. The maximum Gasteiger partial charge on any atom is 0.256 e. The summed E-state index contributed by atoms with van der Waals surface area (Å²) < 4.78 is 22.0. The molecular weight excluding hydrogens is 498 g/mol. The van der Waals surface area contributed by atoms with Gasteiger partial charge in [0.05, 0.1) is 13.7 Å². The summed E-state index contributed by atoms with van der Waals surface area (Å²) in [4.78, 5) is 30.8. The van der Waals surface area contributed by atoms with Crippen molar-refractivity contribution in [1.29, 1.82) is 0 Å². The quantitative estimate of drug-likeness (QED) is 0.367. The minimum Gasteiger partial charge on any atom is -0.493 e. The van der Waals surface area contributed by atoms with Gasteiger partial charge < -0.3 is 34.1 Å². The van der Waals surface area contributed by atoms with E-state index in [9.17, 15) is 9.59 Å². The zero-order valence-electron chi connectivity index (χ0n) is 24.0. The van der Waals surface area contributed by atoms with Crippen LogP contribution in [0.3, 0.4) is 0 Å². The molecule has 0 radical (unpaired) electrons. The third-order valence-corrected chi connectivity index (χ3v) is 7.19. The lowest BCUT2D eigenvalue weighted by molar-refractivity contribution is -0.143. The summed E-state index contributed by atoms with van der Waals surface area (Å²) in [6.07, 6.45) is 0.0498. The summed E-state index contributed by atoms with van der Waals surface area (Å²) in [5.41, 5.74) is 1.35. The normalized spacial score (nSPS) is 17.6. The van der Waals surface area contributed by atoms with Gasteiger partial charge in [-0.2, -0.15) is 0 Å². The number of carbonyl (C=O) groups excluding carboxylic acids is 2. The third-order valence-electron chi connectivity index (χ3n) is 7.19. The van der Waals surface area contributed by atoms with Crippen LogP contribution in [0.4, 0.5) is 0 Å². The van der Waals surface area contributed by atoms with Crippen molar-refractivity contribution in [2.24, 2.45) is 5.92 Å². The highest BCUT2D eigenvalue weighted by Crippen LogP contribution is 2.30. The predicted octanol–water partition coefficient (Wildman–Crippen LogP) is 3.40. The fraction of sp³-hybridized carbons (Fsp3) is 0.533. The highest BCUT2D eigenvalue weighted by Gasteiger charge is 2.37. The fourth-order valence-corrected chi connectivity index (χ4v) is 4.97. The molecule has 9 heteroatoms. The van der Waals surface area contributed by atoms with Gasteiger partial charge in [0.25, 0.3) is 11.8 Å². The summed E-state index contributed by atoms with van der Waals surface area (Å²) in [5.74, 6) is 0.969. The zero-order chi connectivity index (χ0) is 28.4. The molecule has 1 aliphatic heterocycles. The van der Waals surface area contributed by atoms with Crippen molar-refractivity contribution in [3.8, 4) is 11.5 Å². The lowest BCUT2D eigenvalue weighted by atomic mass is 9.99. The molecule has 0 saturated carbocycles. The molecular formula is C30H43N3O6. The molecule has 214 valence electrons. The maximum absolute atomic E-state index is 13.7. The summed E-state index contributed by atoms with van der Waals surface area (Å²) >= 11 is 0. The Balaban J connectivity index is 1.75. The minimum atomic E-state index is -0.679. The standard InChI is InChI=1S/C30H43N3O6/c1-21(2)33(29(34)23-13-14-26(37-5)27(17-23)39-16-10-15-36-4)20-24-18-31-19-25(24)32(3)30(35)28(38-6)22-11-8-7-9-12-22/h7-9,11-14,17,21,24-25,28,31H,10,15-16,18-20H2,1-6H3/t24-,25?,28-/m0/s1. The van der Waals surface area contributed by atoms with Crippen LogP contribution >= 0.6 is 0 Å². The number of amides is 2. The smallest absolute Gasteiger partial charge is 0.256 e. The van der Waals surface area contributed by atoms with E-state index in [4.69, 9.17) is 18.9 Å². The molecule has 3 atom stereocenters. The monoisotopic (exact) mass is 541 g/mol. The van der Waals surface area contributed by atoms with Gasteiger partial charge in [-0.1, -0.05) is 30.3 Å². The van der Waals surface area contributed by atoms with Crippen LogP contribution in [0.2, 0.25) is 0 Å². The van der Waals surface area contributed by atoms with Gasteiger partial charge in [-0.25, -0.2) is 0 Å². The topological polar surface area (TPSA) is 89.6 Å². The van der Waals surface area contributed by atoms with E-state index in [1.165, 1.54) is 0 Å². The Labute approximate surface area is 232 Å². The molecule has 0 aromatic heterocycles. The summed E-state index contributed by atoms with van der Waals surface area (Å²) in [5, 5.41) is 3.42. The summed E-state index contributed by atoms with van der Waals surface area (Å²) in [6.45, 7) is 6.92. The van der Waals surface area contributed by atoms with Crippen LogP contribution in [0.1, 0.15) is 42.3 Å². The molecule has 9 nitrogen and oxygen atoms in total. The molecule has 1 unspecified atom stereocenters. The lowest BCUT2D eigenvalue weighted by Gasteiger charge is -2.35. The van der Waals surface area contributed by atoms with E-state index < -0.39 is 6.10 Å². The Morgan fingerprint density at radius 2 is 1.74 bits per heavy atom. The van der Waals surface area contributed by atoms with Crippen molar-refractivity contribution >= 4 is 11.8 Å². The predicted molar refractivity (Wildman–Crippen MR) is 150 cm³/mol. The zero-order valence-corrected chi connectivity index (χ0v) is 24.0. The molecule has 1 fully saturated rings. The third kappa shape index (κ3) is 7.71. The number of ether oxygens (including phenoxy) is 4. The first-order valence-corrected chi connectivity index (χ1v) is 13.5. The van der Waals surface area contributed by atoms with E-state index in [0.717, 1.165) is 12.0 Å². The Morgan fingerprint density at radius 3 is 2.38 bits per heavy atom. The van der Waals surface area contributed by atoms with Crippen LogP contribution in [0.15, 0.2) is 48.5 Å². The minimum absolute atomic E-state index is 0.0380. The number of hydrogen-bond acceptors (Lipinski definition) is 7. The van der Waals surface area contributed by atoms with Crippen molar-refractivity contribution in [2.75, 3.05) is 61.2 Å². The number of nitrogens with one attached hydrogen (secondary N) is 1. The average Bonchev–Trinajstić information content (AvgIpc) is 3.42. The largest absolute Gasteiger partial charge is 0.493 e. The van der Waals surface area contributed by atoms with Gasteiger partial charge in [0.1, 0.15) is 0 Å². The van der Waals surface area contributed by atoms with Gasteiger partial charge >= 0.3 is 0 Å². The summed E-state index contributed by atoms with van der Waals surface area (Å²) in [6, 6.07) is 14.7. The number of methoxy groups -OCH3 is 3. The average molecular weight is 542 g/mol. The number of hydrogen-bond donors (Lipinski definition) is 1. The number of carbonyl (C=O) groups is 2. The van der Waals surface area contributed by atoms with E-state index in [1.54, 1.807) is 44.4 Å². The van der Waals surface area contributed by atoms with Gasteiger partial charge in [-0.15, -0.1) is 0 Å². The number of rotatable bonds is 14. The van der Waals surface area contributed by atoms with Crippen LogP contribution in [0, 0.1) is 5.92 Å². The molecule has 1 N–H and O–H groups in total. The van der Waals surface area contributed by atoms with Gasteiger partial charge in [0.2, 0.25) is 0 Å². The van der Waals surface area contributed by atoms with E-state index in [0.29, 0.717) is 49.9 Å². The van der Waals surface area contributed by atoms with Crippen molar-refractivity contribution in [1.82, 2.24) is 15.1 Å². The SMILES string of the molecule is COCCCOc1cc(C(=O)N(C[C@@H]2CNCC2N(C)C(=O)[C@@H](OC)c2ccccc2)C(C)C)ccc1OC. The van der Waals surface area contributed by atoms with E-state index in [1.807, 2.05) is 56.1 Å². The first-order chi connectivity index (χ1) is 18.8. The lowest BCUT2D eigenvalue weighted by Crippen LogP contribution is -2.49. The first-order valence-electron chi connectivity index (χ1n) is 13.5. The molecule has 2 aromatic rings. The highest BCUT2D eigenvalue weighted by atomic mass is 16.5. The van der Waals surface area contributed by atoms with Crippen LogP contribution in [0.5, 0.6) is 11.5 Å². The molecule has 2 amide bonds. The van der Waals surface area contributed by atoms with Gasteiger partial charge in [0, 0.05) is 77.5 Å². The van der Waals surface area contributed by atoms with Crippen molar-refractivity contribution in [3.05, 3.63) is 59.7 Å². The van der Waals surface area contributed by atoms with Crippen molar-refractivity contribution < 1.29 is 28.5 Å². The van der Waals surface area contributed by atoms with Crippen LogP contribution in [-0.4, -0.2) is 94.9 Å². The van der Waals surface area contributed by atoms with Crippen molar-refractivity contribution in [3.63, 3.8) is 0 Å². The summed E-state index contributed by atoms with van der Waals surface area (Å²) in [7, 11) is 6.60. The van der Waals surface area contributed by atoms with Crippen LogP contribution in [0.25, 0.3) is 0 Å². The number of benzene rings is 2. The number of nitrogens with zero attached hydrogens (tertiary/aromatic N) is 2. The van der Waals surface area contributed by atoms with Crippen LogP contribution in [-0.2, 0) is 14.3 Å². The van der Waals surface area contributed by atoms with Gasteiger partial charge in [-0.3, -0.25) is 9.59 Å². The molecule has 1 heterocycles. The molecule has 3 rings (SSSR count). The Hall–Kier alpha value is -3.14. The second kappa shape index (κ2) is 14.9. The molecule has 0 aliphatic carbocycles. The van der Waals surface area contributed by atoms with Crippen molar-refractivity contribution in [2.45, 2.75) is 38.5 Å². The Kier molecular flexibility index (Phi) is 11.6. The maximum atomic E-state index is 13.7. The second-order valence-corrected chi connectivity index (χ2v) is 10.1. The second-order valence-electron chi connectivity index (χ2n) is 10.1. The first kappa shape index (κ1) is 30.4. The van der Waals surface area contributed by atoms with E-state index >= 15 is 0 Å². The van der Waals surface area contributed by atoms with E-state index in [2.05, 4.69) is 5.32 Å². The Bertz CT molecular complexity index is 1060. The van der Waals surface area contributed by atoms with Crippen LogP contribution < -0.4 is 14.8 Å². The highest BCUT2D eigenvalue weighted by molar-refractivity contribution is 5.95. The van der Waals surface area contributed by atoms with Gasteiger partial charge in [-0.05, 0) is 37.6 Å². The fourth-order valence-electron chi connectivity index (χ4n) is 4.97. The number of likely N-dealkylation sites (N-methyl/N-ethyl adjacent to an activating group) is 1. The molecule has 0 bridgehead atoms. The van der Waals surface area contributed by atoms with E-state index in [-0.39, 0.29) is 29.8 Å². The molecule has 2 aromatic carbocycles.